The molecule has 4 unspecified atom stereocenters. The van der Waals surface area contributed by atoms with E-state index in [1.807, 2.05) is 0 Å². The number of aliphatic carboxylic acids is 2. The summed E-state index contributed by atoms with van der Waals surface area (Å²) in [5.74, 6) is -6.82. The number of carboxylic acids is 2. The highest BCUT2D eigenvalue weighted by atomic mass is 16.4. The normalized spacial score (nSPS) is 13.5. The van der Waals surface area contributed by atoms with Gasteiger partial charge in [-0.05, 0) is 37.0 Å². The first-order valence-electron chi connectivity index (χ1n) is 12.4. The maximum atomic E-state index is 13.0. The summed E-state index contributed by atoms with van der Waals surface area (Å²) in [5, 5.41) is 35.0. The molecule has 226 valence electrons. The fourth-order valence-corrected chi connectivity index (χ4v) is 3.48. The van der Waals surface area contributed by atoms with Crippen molar-refractivity contribution in [1.29, 1.82) is 0 Å². The lowest BCUT2D eigenvalue weighted by Gasteiger charge is -2.24. The number of nitrogens with two attached hydrogens (primary N) is 4. The molecule has 0 fully saturated rings. The standard InChI is InChI=1S/C24H36N8O9/c25-14(2-1-9-29-24(27)28)20(37)31-16(11-19(35)36)22(39)30-15(7-8-18(26)34)21(38)32-17(23(40)41)10-12-3-5-13(33)6-4-12/h3-6,14-17,33H,1-2,7-11,25H2,(H2,26,34)(H,30,39)(H,31,37)(H,32,38)(H,35,36)(H,40,41)(H4,27,28,29). The summed E-state index contributed by atoms with van der Waals surface area (Å²) in [6.45, 7) is 0.184. The first-order valence-corrected chi connectivity index (χ1v) is 12.4. The molecule has 0 saturated heterocycles. The van der Waals surface area contributed by atoms with Crippen molar-refractivity contribution >= 4 is 41.5 Å². The van der Waals surface area contributed by atoms with E-state index in [1.165, 1.54) is 24.3 Å². The maximum Gasteiger partial charge on any atom is 0.326 e. The molecule has 4 atom stereocenters. The van der Waals surface area contributed by atoms with Crippen LogP contribution < -0.4 is 38.9 Å². The smallest absolute Gasteiger partial charge is 0.326 e. The van der Waals surface area contributed by atoms with Gasteiger partial charge in [0.2, 0.25) is 23.6 Å². The molecule has 0 aliphatic rings. The Morgan fingerprint density at radius 1 is 0.805 bits per heavy atom. The minimum atomic E-state index is -1.67. The number of aromatic hydroxyl groups is 1. The van der Waals surface area contributed by atoms with Crippen molar-refractivity contribution in [2.24, 2.45) is 27.9 Å². The number of primary amides is 1. The number of phenols is 1. The Morgan fingerprint density at radius 2 is 1.37 bits per heavy atom. The second-order valence-electron chi connectivity index (χ2n) is 9.05. The summed E-state index contributed by atoms with van der Waals surface area (Å²) < 4.78 is 0. The second kappa shape index (κ2) is 16.9. The zero-order valence-corrected chi connectivity index (χ0v) is 22.1. The highest BCUT2D eigenvalue weighted by molar-refractivity contribution is 5.95. The number of rotatable bonds is 18. The fraction of sp³-hybridized carbons (Fsp3) is 0.458. The molecule has 0 aliphatic carbocycles. The van der Waals surface area contributed by atoms with Gasteiger partial charge in [0.1, 0.15) is 23.9 Å². The number of nitrogens with zero attached hydrogens (tertiary/aromatic N) is 1. The fourth-order valence-electron chi connectivity index (χ4n) is 3.48. The third-order valence-electron chi connectivity index (χ3n) is 5.62. The van der Waals surface area contributed by atoms with Crippen molar-refractivity contribution < 1.29 is 44.1 Å². The largest absolute Gasteiger partial charge is 0.508 e. The van der Waals surface area contributed by atoms with E-state index < -0.39 is 66.2 Å². The number of carboxylic acid groups (broad SMARTS) is 2. The third-order valence-corrected chi connectivity index (χ3v) is 5.62. The second-order valence-corrected chi connectivity index (χ2v) is 9.05. The number of hydrogen-bond acceptors (Lipinski definition) is 9. The number of hydrogen-bond donors (Lipinski definition) is 10. The van der Waals surface area contributed by atoms with Crippen molar-refractivity contribution in [3.63, 3.8) is 0 Å². The van der Waals surface area contributed by atoms with Crippen LogP contribution >= 0.6 is 0 Å². The van der Waals surface area contributed by atoms with Gasteiger partial charge >= 0.3 is 11.9 Å². The van der Waals surface area contributed by atoms with Crippen molar-refractivity contribution in [2.45, 2.75) is 62.7 Å². The van der Waals surface area contributed by atoms with Gasteiger partial charge in [0.15, 0.2) is 5.96 Å². The van der Waals surface area contributed by atoms with E-state index >= 15 is 0 Å². The van der Waals surface area contributed by atoms with E-state index in [0.29, 0.717) is 12.0 Å². The summed E-state index contributed by atoms with van der Waals surface area (Å²) in [6, 6.07) is -0.219. The first-order chi connectivity index (χ1) is 19.2. The molecule has 17 heteroatoms. The van der Waals surface area contributed by atoms with E-state index in [-0.39, 0.29) is 43.9 Å². The molecular formula is C24H36N8O9. The minimum Gasteiger partial charge on any atom is -0.508 e. The SMILES string of the molecule is NC(=O)CCC(NC(=O)C(CC(=O)O)NC(=O)C(N)CCCN=C(N)N)C(=O)NC(Cc1ccc(O)cc1)C(=O)O. The van der Waals surface area contributed by atoms with E-state index in [2.05, 4.69) is 20.9 Å². The zero-order chi connectivity index (χ0) is 31.1. The average molecular weight is 581 g/mol. The molecule has 1 aromatic carbocycles. The van der Waals surface area contributed by atoms with Crippen molar-refractivity contribution in [2.75, 3.05) is 6.54 Å². The van der Waals surface area contributed by atoms with E-state index in [4.69, 9.17) is 22.9 Å². The van der Waals surface area contributed by atoms with Crippen LogP contribution in [0.25, 0.3) is 0 Å². The molecule has 4 amide bonds. The summed E-state index contributed by atoms with van der Waals surface area (Å²) in [4.78, 5) is 76.7. The summed E-state index contributed by atoms with van der Waals surface area (Å²) in [7, 11) is 0. The average Bonchev–Trinajstić information content (AvgIpc) is 2.88. The van der Waals surface area contributed by atoms with Crippen LogP contribution in [0.3, 0.4) is 0 Å². The van der Waals surface area contributed by atoms with Crippen LogP contribution in [0.15, 0.2) is 29.3 Å². The summed E-state index contributed by atoms with van der Waals surface area (Å²) in [5.41, 5.74) is 21.9. The van der Waals surface area contributed by atoms with Crippen LogP contribution in [0.2, 0.25) is 0 Å². The first kappa shape index (κ1) is 34.1. The van der Waals surface area contributed by atoms with Crippen LogP contribution in [0.1, 0.15) is 37.7 Å². The van der Waals surface area contributed by atoms with Gasteiger partial charge in [-0.2, -0.15) is 0 Å². The number of phenolic OH excluding ortho intramolecular Hbond substituents is 1. The molecule has 0 spiro atoms. The lowest BCUT2D eigenvalue weighted by atomic mass is 10.0. The van der Waals surface area contributed by atoms with Gasteiger partial charge in [0.05, 0.1) is 12.5 Å². The molecule has 0 heterocycles. The van der Waals surface area contributed by atoms with E-state index in [1.54, 1.807) is 0 Å². The van der Waals surface area contributed by atoms with E-state index in [9.17, 15) is 44.1 Å². The van der Waals surface area contributed by atoms with Crippen LogP contribution in [0.4, 0.5) is 0 Å². The van der Waals surface area contributed by atoms with Gasteiger partial charge < -0.3 is 54.2 Å². The number of carbonyl (C=O) groups excluding carboxylic acids is 4. The van der Waals surface area contributed by atoms with Crippen molar-refractivity contribution in [3.05, 3.63) is 29.8 Å². The maximum absolute atomic E-state index is 13.0. The van der Waals surface area contributed by atoms with Crippen LogP contribution in [-0.2, 0) is 35.2 Å². The molecule has 0 radical (unpaired) electrons. The Hall–Kier alpha value is -4.93. The zero-order valence-electron chi connectivity index (χ0n) is 22.1. The van der Waals surface area contributed by atoms with E-state index in [0.717, 1.165) is 0 Å². The Morgan fingerprint density at radius 3 is 1.90 bits per heavy atom. The Bertz CT molecular complexity index is 1120. The number of nitrogens with one attached hydrogen (secondary N) is 3. The summed E-state index contributed by atoms with van der Waals surface area (Å²) in [6.07, 6.45) is -1.38. The minimum absolute atomic E-state index is 0.0474. The van der Waals surface area contributed by atoms with Crippen LogP contribution in [0.5, 0.6) is 5.75 Å². The van der Waals surface area contributed by atoms with Gasteiger partial charge in [-0.1, -0.05) is 12.1 Å². The van der Waals surface area contributed by atoms with Crippen LogP contribution in [-0.4, -0.2) is 87.6 Å². The van der Waals surface area contributed by atoms with Gasteiger partial charge in [0, 0.05) is 19.4 Å². The molecule has 0 bridgehead atoms. The molecule has 1 aromatic rings. The Balaban J connectivity index is 3.00. The summed E-state index contributed by atoms with van der Waals surface area (Å²) >= 11 is 0. The van der Waals surface area contributed by atoms with Gasteiger partial charge in [-0.15, -0.1) is 0 Å². The van der Waals surface area contributed by atoms with Crippen LogP contribution in [0, 0.1) is 0 Å². The monoisotopic (exact) mass is 580 g/mol. The molecular weight excluding hydrogens is 544 g/mol. The topological polar surface area (TPSA) is 316 Å². The quantitative estimate of drug-likeness (QED) is 0.0461. The molecule has 14 N–H and O–H groups in total. The molecule has 17 nitrogen and oxygen atoms in total. The Kier molecular flexibility index (Phi) is 14.1. The van der Waals surface area contributed by atoms with Crippen molar-refractivity contribution in [3.8, 4) is 5.75 Å². The van der Waals surface area contributed by atoms with Crippen molar-refractivity contribution in [1.82, 2.24) is 16.0 Å². The number of guanidine groups is 1. The molecule has 0 saturated carbocycles. The highest BCUT2D eigenvalue weighted by Gasteiger charge is 2.31. The van der Waals surface area contributed by atoms with Gasteiger partial charge in [0.25, 0.3) is 0 Å². The predicted octanol–water partition coefficient (Wildman–Crippen LogP) is -3.41. The Labute approximate surface area is 234 Å². The number of amides is 4. The lowest BCUT2D eigenvalue weighted by molar-refractivity contribution is -0.143. The molecule has 0 aromatic heterocycles. The van der Waals surface area contributed by atoms with Gasteiger partial charge in [-0.25, -0.2) is 4.79 Å². The third kappa shape index (κ3) is 13.6. The number of benzene rings is 1. The number of carbonyl (C=O) groups is 6. The molecule has 41 heavy (non-hydrogen) atoms. The van der Waals surface area contributed by atoms with Gasteiger partial charge in [-0.3, -0.25) is 29.0 Å². The molecule has 0 aliphatic heterocycles. The predicted molar refractivity (Wildman–Crippen MR) is 144 cm³/mol. The lowest BCUT2D eigenvalue weighted by Crippen LogP contribution is -2.57. The highest BCUT2D eigenvalue weighted by Crippen LogP contribution is 2.12. The molecule has 1 rings (SSSR count). The number of aliphatic imine (C=N–C) groups is 1.